The Kier molecular flexibility index (Phi) is 5.36. The molecule has 0 radical (unpaired) electrons. The van der Waals surface area contributed by atoms with E-state index in [1.807, 2.05) is 25.1 Å². The minimum absolute atomic E-state index is 0.504. The summed E-state index contributed by atoms with van der Waals surface area (Å²) in [5, 5.41) is 5.20. The maximum absolute atomic E-state index is 11.6. The largest absolute Gasteiger partial charge is 0.348 e. The standard InChI is InChI=1S/C14H20N2O2/c1-10(2)8-9-15-13(17)14(18)16-12-7-5-4-6-11(12)3/h4-7,10H,8-9H2,1-3H3,(H,15,17)(H,16,18). The van der Waals surface area contributed by atoms with Gasteiger partial charge in [-0.2, -0.15) is 0 Å². The summed E-state index contributed by atoms with van der Waals surface area (Å²) in [7, 11) is 0. The fraction of sp³-hybridized carbons (Fsp3) is 0.429. The maximum atomic E-state index is 11.6. The number of anilines is 1. The van der Waals surface area contributed by atoms with Gasteiger partial charge in [0.15, 0.2) is 0 Å². The van der Waals surface area contributed by atoms with E-state index in [0.717, 1.165) is 12.0 Å². The molecule has 0 spiro atoms. The van der Waals surface area contributed by atoms with Gasteiger partial charge < -0.3 is 10.6 Å². The summed E-state index contributed by atoms with van der Waals surface area (Å²) in [5.41, 5.74) is 1.60. The fourth-order valence-electron chi connectivity index (χ4n) is 1.45. The van der Waals surface area contributed by atoms with Crippen molar-refractivity contribution in [3.63, 3.8) is 0 Å². The van der Waals surface area contributed by atoms with Crippen LogP contribution in [0.25, 0.3) is 0 Å². The lowest BCUT2D eigenvalue weighted by Crippen LogP contribution is -2.36. The minimum Gasteiger partial charge on any atom is -0.348 e. The second kappa shape index (κ2) is 6.79. The van der Waals surface area contributed by atoms with Crippen LogP contribution in [-0.4, -0.2) is 18.4 Å². The average Bonchev–Trinajstić information content (AvgIpc) is 2.31. The monoisotopic (exact) mass is 248 g/mol. The molecule has 2 N–H and O–H groups in total. The van der Waals surface area contributed by atoms with Gasteiger partial charge in [0.1, 0.15) is 0 Å². The molecule has 0 aliphatic carbocycles. The molecule has 0 fully saturated rings. The predicted octanol–water partition coefficient (Wildman–Crippen LogP) is 2.10. The first-order valence-corrected chi connectivity index (χ1v) is 6.15. The molecular formula is C14H20N2O2. The first-order chi connectivity index (χ1) is 8.50. The summed E-state index contributed by atoms with van der Waals surface area (Å²) in [5.74, 6) is -0.698. The molecule has 18 heavy (non-hydrogen) atoms. The molecule has 0 saturated heterocycles. The van der Waals surface area contributed by atoms with Crippen molar-refractivity contribution in [2.45, 2.75) is 27.2 Å². The normalized spacial score (nSPS) is 10.2. The summed E-state index contributed by atoms with van der Waals surface area (Å²) in [6, 6.07) is 7.36. The molecule has 0 aliphatic heterocycles. The molecule has 1 aromatic carbocycles. The minimum atomic E-state index is -0.618. The predicted molar refractivity (Wildman–Crippen MR) is 72.3 cm³/mol. The first kappa shape index (κ1) is 14.2. The number of para-hydroxylation sites is 1. The number of carbonyl (C=O) groups is 2. The average molecular weight is 248 g/mol. The highest BCUT2D eigenvalue weighted by Gasteiger charge is 2.13. The Bertz CT molecular complexity index is 428. The van der Waals surface area contributed by atoms with Crippen LogP contribution < -0.4 is 10.6 Å². The molecule has 0 heterocycles. The second-order valence-corrected chi connectivity index (χ2v) is 4.71. The molecule has 0 aromatic heterocycles. The highest BCUT2D eigenvalue weighted by molar-refractivity contribution is 6.39. The van der Waals surface area contributed by atoms with Gasteiger partial charge in [-0.15, -0.1) is 0 Å². The van der Waals surface area contributed by atoms with Crippen LogP contribution in [0.2, 0.25) is 0 Å². The number of nitrogens with one attached hydrogen (secondary N) is 2. The molecule has 0 saturated carbocycles. The lowest BCUT2D eigenvalue weighted by molar-refractivity contribution is -0.136. The van der Waals surface area contributed by atoms with E-state index in [-0.39, 0.29) is 0 Å². The summed E-state index contributed by atoms with van der Waals surface area (Å²) in [6.45, 7) is 6.54. The van der Waals surface area contributed by atoms with Gasteiger partial charge in [0.25, 0.3) is 0 Å². The van der Waals surface area contributed by atoms with Gasteiger partial charge >= 0.3 is 11.8 Å². The molecule has 2 amide bonds. The Balaban J connectivity index is 2.46. The number of rotatable bonds is 4. The third kappa shape index (κ3) is 4.57. The molecule has 0 atom stereocenters. The van der Waals surface area contributed by atoms with Gasteiger partial charge in [-0.05, 0) is 30.9 Å². The van der Waals surface area contributed by atoms with Gasteiger partial charge in [0.2, 0.25) is 0 Å². The third-order valence-electron chi connectivity index (χ3n) is 2.61. The van der Waals surface area contributed by atoms with Crippen molar-refractivity contribution in [3.05, 3.63) is 29.8 Å². The van der Waals surface area contributed by atoms with Crippen LogP contribution in [0.5, 0.6) is 0 Å². The van der Waals surface area contributed by atoms with Crippen molar-refractivity contribution in [2.24, 2.45) is 5.92 Å². The van der Waals surface area contributed by atoms with Crippen LogP contribution in [0.15, 0.2) is 24.3 Å². The van der Waals surface area contributed by atoms with E-state index < -0.39 is 11.8 Å². The van der Waals surface area contributed by atoms with E-state index >= 15 is 0 Å². The van der Waals surface area contributed by atoms with Gasteiger partial charge in [-0.1, -0.05) is 32.0 Å². The second-order valence-electron chi connectivity index (χ2n) is 4.71. The number of carbonyl (C=O) groups excluding carboxylic acids is 2. The first-order valence-electron chi connectivity index (χ1n) is 6.15. The van der Waals surface area contributed by atoms with Crippen LogP contribution in [0.1, 0.15) is 25.8 Å². The Hall–Kier alpha value is -1.84. The zero-order chi connectivity index (χ0) is 13.5. The highest BCUT2D eigenvalue weighted by atomic mass is 16.2. The summed E-state index contributed by atoms with van der Waals surface area (Å²) in [4.78, 5) is 23.1. The zero-order valence-electron chi connectivity index (χ0n) is 11.1. The van der Waals surface area contributed by atoms with Crippen molar-refractivity contribution in [1.29, 1.82) is 0 Å². The van der Waals surface area contributed by atoms with E-state index in [1.54, 1.807) is 6.07 Å². The number of aryl methyl sites for hydroxylation is 1. The molecule has 1 rings (SSSR count). The van der Waals surface area contributed by atoms with E-state index in [9.17, 15) is 9.59 Å². The van der Waals surface area contributed by atoms with Gasteiger partial charge in [-0.25, -0.2) is 0 Å². The highest BCUT2D eigenvalue weighted by Crippen LogP contribution is 2.12. The topological polar surface area (TPSA) is 58.2 Å². The molecule has 1 aromatic rings. The molecule has 4 nitrogen and oxygen atoms in total. The van der Waals surface area contributed by atoms with Gasteiger partial charge in [-0.3, -0.25) is 9.59 Å². The van der Waals surface area contributed by atoms with Crippen LogP contribution >= 0.6 is 0 Å². The summed E-state index contributed by atoms with van der Waals surface area (Å²) < 4.78 is 0. The molecule has 0 bridgehead atoms. The number of hydrogen-bond acceptors (Lipinski definition) is 2. The SMILES string of the molecule is Cc1ccccc1NC(=O)C(=O)NCCC(C)C. The lowest BCUT2D eigenvalue weighted by Gasteiger charge is -2.09. The van der Waals surface area contributed by atoms with Crippen molar-refractivity contribution in [1.82, 2.24) is 5.32 Å². The van der Waals surface area contributed by atoms with Gasteiger partial charge in [0, 0.05) is 12.2 Å². The molecule has 98 valence electrons. The van der Waals surface area contributed by atoms with Crippen LogP contribution in [0.3, 0.4) is 0 Å². The third-order valence-corrected chi connectivity index (χ3v) is 2.61. The molecular weight excluding hydrogens is 228 g/mol. The maximum Gasteiger partial charge on any atom is 0.313 e. The Labute approximate surface area is 108 Å². The van der Waals surface area contributed by atoms with Crippen molar-refractivity contribution < 1.29 is 9.59 Å². The van der Waals surface area contributed by atoms with Gasteiger partial charge in [0.05, 0.1) is 0 Å². The van der Waals surface area contributed by atoms with E-state index in [2.05, 4.69) is 24.5 Å². The van der Waals surface area contributed by atoms with E-state index in [1.165, 1.54) is 0 Å². The molecule has 4 heteroatoms. The Morgan fingerprint density at radius 2 is 1.83 bits per heavy atom. The quantitative estimate of drug-likeness (QED) is 0.802. The van der Waals surface area contributed by atoms with Crippen LogP contribution in [0, 0.1) is 12.8 Å². The molecule has 0 aliphatic rings. The lowest BCUT2D eigenvalue weighted by atomic mass is 10.1. The summed E-state index contributed by atoms with van der Waals surface area (Å²) in [6.07, 6.45) is 0.864. The number of hydrogen-bond donors (Lipinski definition) is 2. The van der Waals surface area contributed by atoms with Crippen molar-refractivity contribution in [2.75, 3.05) is 11.9 Å². The number of benzene rings is 1. The Morgan fingerprint density at radius 3 is 2.44 bits per heavy atom. The number of amides is 2. The van der Waals surface area contributed by atoms with Crippen molar-refractivity contribution in [3.8, 4) is 0 Å². The van der Waals surface area contributed by atoms with Crippen molar-refractivity contribution >= 4 is 17.5 Å². The zero-order valence-corrected chi connectivity index (χ0v) is 11.1. The summed E-state index contributed by atoms with van der Waals surface area (Å²) >= 11 is 0. The fourth-order valence-corrected chi connectivity index (χ4v) is 1.45. The molecule has 0 unspecified atom stereocenters. The smallest absolute Gasteiger partial charge is 0.313 e. The van der Waals surface area contributed by atoms with Crippen LogP contribution in [-0.2, 0) is 9.59 Å². The van der Waals surface area contributed by atoms with E-state index in [0.29, 0.717) is 18.2 Å². The van der Waals surface area contributed by atoms with E-state index in [4.69, 9.17) is 0 Å². The van der Waals surface area contributed by atoms with Crippen LogP contribution in [0.4, 0.5) is 5.69 Å². The Morgan fingerprint density at radius 1 is 1.17 bits per heavy atom.